The van der Waals surface area contributed by atoms with Gasteiger partial charge in [0.1, 0.15) is 0 Å². The normalized spacial score (nSPS) is 20.3. The zero-order valence-electron chi connectivity index (χ0n) is 9.14. The molecule has 84 valence electrons. The van der Waals surface area contributed by atoms with Crippen LogP contribution in [0.3, 0.4) is 0 Å². The number of hydrogen-bond donors (Lipinski definition) is 1. The molecule has 1 aromatic rings. The number of benzene rings is 1. The Labute approximate surface area is 94.1 Å². The average molecular weight is 218 g/mol. The first-order valence-electron chi connectivity index (χ1n) is 5.34. The minimum atomic E-state index is -0.353. The smallest absolute Gasteiger partial charge is 0.270 e. The van der Waals surface area contributed by atoms with Gasteiger partial charge >= 0.3 is 0 Å². The van der Waals surface area contributed by atoms with Crippen LogP contribution in [-0.4, -0.2) is 17.5 Å². The van der Waals surface area contributed by atoms with E-state index in [4.69, 9.17) is 0 Å². The van der Waals surface area contributed by atoms with Gasteiger partial charge in [-0.1, -0.05) is 18.2 Å². The van der Waals surface area contributed by atoms with Crippen molar-refractivity contribution in [3.63, 3.8) is 0 Å². The van der Waals surface area contributed by atoms with Crippen LogP contribution in [0.2, 0.25) is 0 Å². The van der Waals surface area contributed by atoms with Crippen molar-refractivity contribution in [1.82, 2.24) is 5.32 Å². The number of nitrogens with one attached hydrogen (secondary N) is 1. The van der Waals surface area contributed by atoms with Crippen LogP contribution in [0.1, 0.15) is 18.9 Å². The van der Waals surface area contributed by atoms with Crippen molar-refractivity contribution >= 4 is 11.3 Å². The van der Waals surface area contributed by atoms with E-state index >= 15 is 0 Å². The Morgan fingerprint density at radius 3 is 3.00 bits per heavy atom. The van der Waals surface area contributed by atoms with E-state index in [-0.39, 0.29) is 10.6 Å². The molecular weight excluding hydrogens is 204 g/mol. The maximum atomic E-state index is 10.7. The quantitative estimate of drug-likeness (QED) is 0.612. The molecule has 0 fully saturated rings. The van der Waals surface area contributed by atoms with Crippen molar-refractivity contribution < 1.29 is 4.92 Å². The maximum Gasteiger partial charge on any atom is 0.270 e. The van der Waals surface area contributed by atoms with Crippen molar-refractivity contribution in [2.45, 2.75) is 19.4 Å². The highest BCUT2D eigenvalue weighted by molar-refractivity contribution is 5.68. The molecule has 4 nitrogen and oxygen atoms in total. The summed E-state index contributed by atoms with van der Waals surface area (Å²) in [7, 11) is 0. The Hall–Kier alpha value is -1.68. The van der Waals surface area contributed by atoms with Crippen molar-refractivity contribution in [2.75, 3.05) is 6.54 Å². The van der Waals surface area contributed by atoms with Gasteiger partial charge in [0.25, 0.3) is 5.69 Å². The van der Waals surface area contributed by atoms with Crippen molar-refractivity contribution in [3.8, 4) is 0 Å². The molecule has 0 bridgehead atoms. The third-order valence-electron chi connectivity index (χ3n) is 2.77. The Balaban J connectivity index is 2.30. The number of nitrogens with zero attached hydrogens (tertiary/aromatic N) is 1. The Bertz CT molecular complexity index is 440. The monoisotopic (exact) mass is 218 g/mol. The van der Waals surface area contributed by atoms with Crippen LogP contribution in [0, 0.1) is 10.1 Å². The lowest BCUT2D eigenvalue weighted by Gasteiger charge is -2.20. The summed E-state index contributed by atoms with van der Waals surface area (Å²) in [6.45, 7) is 2.95. The van der Waals surface area contributed by atoms with Crippen LogP contribution in [0.5, 0.6) is 0 Å². The van der Waals surface area contributed by atoms with Crippen LogP contribution in [0.15, 0.2) is 30.3 Å². The summed E-state index contributed by atoms with van der Waals surface area (Å²) in [5.74, 6) is 0. The molecule has 2 rings (SSSR count). The van der Waals surface area contributed by atoms with E-state index in [1.165, 1.54) is 11.6 Å². The second-order valence-electron chi connectivity index (χ2n) is 4.05. The van der Waals surface area contributed by atoms with Gasteiger partial charge in [-0.2, -0.15) is 0 Å². The second kappa shape index (κ2) is 4.45. The molecule has 1 aliphatic heterocycles. The van der Waals surface area contributed by atoms with E-state index in [1.54, 1.807) is 12.1 Å². The molecule has 1 N–H and O–H groups in total. The lowest BCUT2D eigenvalue weighted by Crippen LogP contribution is -2.29. The Kier molecular flexibility index (Phi) is 3.01. The first kappa shape index (κ1) is 10.8. The molecule has 0 amide bonds. The molecule has 1 aliphatic rings. The molecule has 0 aliphatic carbocycles. The average Bonchev–Trinajstić information content (AvgIpc) is 2.29. The molecule has 1 atom stereocenters. The van der Waals surface area contributed by atoms with Crippen LogP contribution >= 0.6 is 0 Å². The molecule has 1 aromatic carbocycles. The van der Waals surface area contributed by atoms with Gasteiger partial charge < -0.3 is 5.32 Å². The summed E-state index contributed by atoms with van der Waals surface area (Å²) >= 11 is 0. The number of rotatable bonds is 2. The van der Waals surface area contributed by atoms with Gasteiger partial charge in [0.05, 0.1) is 4.92 Å². The highest BCUT2D eigenvalue weighted by Crippen LogP contribution is 2.25. The van der Waals surface area contributed by atoms with Gasteiger partial charge in [-0.25, -0.2) is 0 Å². The van der Waals surface area contributed by atoms with Crippen molar-refractivity contribution in [3.05, 3.63) is 46.0 Å². The van der Waals surface area contributed by atoms with Crippen molar-refractivity contribution in [2.24, 2.45) is 0 Å². The SMILES string of the molecule is CC1CC(c2cccc([N+](=O)[O-])c2)=CCN1. The van der Waals surface area contributed by atoms with Crippen LogP contribution in [0.4, 0.5) is 5.69 Å². The van der Waals surface area contributed by atoms with Gasteiger partial charge in [0, 0.05) is 24.7 Å². The predicted molar refractivity (Wildman–Crippen MR) is 63.2 cm³/mol. The zero-order valence-corrected chi connectivity index (χ0v) is 9.14. The number of hydrogen-bond acceptors (Lipinski definition) is 3. The molecule has 4 heteroatoms. The Morgan fingerprint density at radius 2 is 2.31 bits per heavy atom. The third kappa shape index (κ3) is 2.28. The first-order valence-corrected chi connectivity index (χ1v) is 5.34. The van der Waals surface area contributed by atoms with E-state index in [0.29, 0.717) is 6.04 Å². The van der Waals surface area contributed by atoms with Crippen LogP contribution in [0.25, 0.3) is 5.57 Å². The summed E-state index contributed by atoms with van der Waals surface area (Å²) in [5, 5.41) is 14.0. The molecule has 1 heterocycles. The lowest BCUT2D eigenvalue weighted by atomic mass is 9.96. The van der Waals surface area contributed by atoms with Gasteiger partial charge in [0.2, 0.25) is 0 Å². The minimum Gasteiger partial charge on any atom is -0.310 e. The van der Waals surface area contributed by atoms with Gasteiger partial charge in [-0.15, -0.1) is 0 Å². The summed E-state index contributed by atoms with van der Waals surface area (Å²) in [6, 6.07) is 7.26. The minimum absolute atomic E-state index is 0.157. The number of nitro benzene ring substituents is 1. The van der Waals surface area contributed by atoms with E-state index in [1.807, 2.05) is 6.07 Å². The second-order valence-corrected chi connectivity index (χ2v) is 4.05. The zero-order chi connectivity index (χ0) is 11.5. The third-order valence-corrected chi connectivity index (χ3v) is 2.77. The van der Waals surface area contributed by atoms with Gasteiger partial charge in [0.15, 0.2) is 0 Å². The fourth-order valence-electron chi connectivity index (χ4n) is 1.92. The first-order chi connectivity index (χ1) is 7.66. The molecular formula is C12H14N2O2. The lowest BCUT2D eigenvalue weighted by molar-refractivity contribution is -0.384. The van der Waals surface area contributed by atoms with Crippen LogP contribution in [-0.2, 0) is 0 Å². The van der Waals surface area contributed by atoms with Gasteiger partial charge in [-0.05, 0) is 24.5 Å². The summed E-state index contributed by atoms with van der Waals surface area (Å²) in [6.07, 6.45) is 3.01. The van der Waals surface area contributed by atoms with E-state index < -0.39 is 0 Å². The van der Waals surface area contributed by atoms with Crippen molar-refractivity contribution in [1.29, 1.82) is 0 Å². The molecule has 0 radical (unpaired) electrons. The maximum absolute atomic E-state index is 10.7. The largest absolute Gasteiger partial charge is 0.310 e. The highest BCUT2D eigenvalue weighted by atomic mass is 16.6. The topological polar surface area (TPSA) is 55.2 Å². The standard InChI is InChI=1S/C12H14N2O2/c1-9-7-11(5-6-13-9)10-3-2-4-12(8-10)14(15)16/h2-5,8-9,13H,6-7H2,1H3. The van der Waals surface area contributed by atoms with E-state index in [2.05, 4.69) is 18.3 Å². The van der Waals surface area contributed by atoms with E-state index in [0.717, 1.165) is 18.5 Å². The predicted octanol–water partition coefficient (Wildman–Crippen LogP) is 2.36. The molecule has 1 unspecified atom stereocenters. The number of nitro groups is 1. The Morgan fingerprint density at radius 1 is 1.50 bits per heavy atom. The summed E-state index contributed by atoms with van der Waals surface area (Å²) in [4.78, 5) is 10.3. The molecule has 0 saturated heterocycles. The number of non-ortho nitro benzene ring substituents is 1. The fraction of sp³-hybridized carbons (Fsp3) is 0.333. The molecule has 0 saturated carbocycles. The summed E-state index contributed by atoms with van der Waals surface area (Å²) in [5.41, 5.74) is 2.31. The van der Waals surface area contributed by atoms with Crippen LogP contribution < -0.4 is 5.32 Å². The van der Waals surface area contributed by atoms with E-state index in [9.17, 15) is 10.1 Å². The molecule has 0 spiro atoms. The fourth-order valence-corrected chi connectivity index (χ4v) is 1.92. The summed E-state index contributed by atoms with van der Waals surface area (Å²) < 4.78 is 0. The van der Waals surface area contributed by atoms with Gasteiger partial charge in [-0.3, -0.25) is 10.1 Å². The molecule has 0 aromatic heterocycles. The molecule has 16 heavy (non-hydrogen) atoms. The highest BCUT2D eigenvalue weighted by Gasteiger charge is 2.14.